The van der Waals surface area contributed by atoms with E-state index in [1.807, 2.05) is 18.2 Å². The lowest BCUT2D eigenvalue weighted by molar-refractivity contribution is -0.117. The number of amides is 1. The highest BCUT2D eigenvalue weighted by molar-refractivity contribution is 7.81. The van der Waals surface area contributed by atoms with Gasteiger partial charge in [-0.05, 0) is 12.1 Å². The lowest BCUT2D eigenvalue weighted by atomic mass is 10.2. The van der Waals surface area contributed by atoms with E-state index in [2.05, 4.69) is 12.6 Å². The van der Waals surface area contributed by atoms with Crippen LogP contribution in [0.5, 0.6) is 0 Å². The number of benzene rings is 1. The van der Waals surface area contributed by atoms with Crippen molar-refractivity contribution in [2.45, 2.75) is 11.7 Å². The van der Waals surface area contributed by atoms with Gasteiger partial charge in [-0.15, -0.1) is 0 Å². The Morgan fingerprint density at radius 1 is 1.43 bits per heavy atom. The van der Waals surface area contributed by atoms with Crippen LogP contribution in [-0.2, 0) is 4.79 Å². The second-order valence-corrected chi connectivity index (χ2v) is 4.15. The summed E-state index contributed by atoms with van der Waals surface area (Å²) in [4.78, 5) is 13.3. The highest BCUT2D eigenvalue weighted by Gasteiger charge is 2.28. The van der Waals surface area contributed by atoms with Gasteiger partial charge in [0.05, 0.1) is 11.4 Å². The van der Waals surface area contributed by atoms with Crippen LogP contribution in [0.3, 0.4) is 0 Å². The van der Waals surface area contributed by atoms with Crippen LogP contribution in [0.2, 0.25) is 0 Å². The molecule has 0 bridgehead atoms. The number of anilines is 2. The zero-order valence-corrected chi connectivity index (χ0v) is 8.58. The molecule has 14 heavy (non-hydrogen) atoms. The van der Waals surface area contributed by atoms with Gasteiger partial charge < -0.3 is 10.6 Å². The molecule has 1 aliphatic heterocycles. The van der Waals surface area contributed by atoms with Crippen LogP contribution in [0, 0.1) is 0 Å². The Balaban J connectivity index is 2.32. The number of hydrogen-bond acceptors (Lipinski definition) is 3. The third kappa shape index (κ3) is 1.57. The topological polar surface area (TPSA) is 46.3 Å². The van der Waals surface area contributed by atoms with Crippen molar-refractivity contribution in [3.05, 3.63) is 24.3 Å². The fourth-order valence-electron chi connectivity index (χ4n) is 1.65. The largest absolute Gasteiger partial charge is 0.397 e. The number of nitrogens with zero attached hydrogens (tertiary/aromatic N) is 1. The van der Waals surface area contributed by atoms with Gasteiger partial charge in [0.1, 0.15) is 0 Å². The number of rotatable bonds is 1. The summed E-state index contributed by atoms with van der Waals surface area (Å²) in [6, 6.07) is 7.40. The molecular weight excluding hydrogens is 196 g/mol. The number of carbonyl (C=O) groups excluding carboxylic acids is 1. The van der Waals surface area contributed by atoms with Crippen molar-refractivity contribution in [1.29, 1.82) is 0 Å². The van der Waals surface area contributed by atoms with Gasteiger partial charge in [0.15, 0.2) is 0 Å². The van der Waals surface area contributed by atoms with Gasteiger partial charge in [0, 0.05) is 18.2 Å². The first-order valence-corrected chi connectivity index (χ1v) is 5.03. The third-order valence-electron chi connectivity index (χ3n) is 2.33. The Hall–Kier alpha value is -1.16. The van der Waals surface area contributed by atoms with Crippen LogP contribution in [0.4, 0.5) is 11.4 Å². The molecule has 0 aliphatic carbocycles. The van der Waals surface area contributed by atoms with Gasteiger partial charge in [-0.25, -0.2) is 0 Å². The van der Waals surface area contributed by atoms with E-state index in [-0.39, 0.29) is 11.2 Å². The van der Waals surface area contributed by atoms with E-state index in [1.165, 1.54) is 0 Å². The van der Waals surface area contributed by atoms with Crippen LogP contribution in [0.15, 0.2) is 24.3 Å². The Morgan fingerprint density at radius 2 is 2.14 bits per heavy atom. The molecule has 1 amide bonds. The van der Waals surface area contributed by atoms with Crippen molar-refractivity contribution in [2.75, 3.05) is 17.2 Å². The van der Waals surface area contributed by atoms with E-state index < -0.39 is 0 Å². The summed E-state index contributed by atoms with van der Waals surface area (Å²) in [5.74, 6) is 0.0999. The van der Waals surface area contributed by atoms with Crippen molar-refractivity contribution < 1.29 is 4.79 Å². The Morgan fingerprint density at radius 3 is 2.71 bits per heavy atom. The van der Waals surface area contributed by atoms with Crippen LogP contribution < -0.4 is 10.6 Å². The van der Waals surface area contributed by atoms with Gasteiger partial charge >= 0.3 is 0 Å². The molecule has 1 saturated heterocycles. The molecule has 3 nitrogen and oxygen atoms in total. The quantitative estimate of drug-likeness (QED) is 0.540. The summed E-state index contributed by atoms with van der Waals surface area (Å²) in [6.07, 6.45) is 0.497. The van der Waals surface area contributed by atoms with E-state index in [0.717, 1.165) is 5.69 Å². The van der Waals surface area contributed by atoms with Crippen LogP contribution >= 0.6 is 12.6 Å². The first-order valence-electron chi connectivity index (χ1n) is 4.51. The van der Waals surface area contributed by atoms with Gasteiger partial charge in [0.25, 0.3) is 0 Å². The normalized spacial score (nSPS) is 21.6. The van der Waals surface area contributed by atoms with Crippen molar-refractivity contribution in [3.63, 3.8) is 0 Å². The molecular formula is C10H12N2OS. The molecule has 1 aromatic carbocycles. The average molecular weight is 208 g/mol. The zero-order chi connectivity index (χ0) is 10.1. The smallest absolute Gasteiger partial charge is 0.228 e. The number of nitrogens with two attached hydrogens (primary N) is 1. The standard InChI is InChI=1S/C10H12N2OS/c11-8-3-1-2-4-9(8)12-6-7(14)5-10(12)13/h1-4,7,14H,5-6,11H2. The van der Waals surface area contributed by atoms with E-state index in [1.54, 1.807) is 11.0 Å². The lowest BCUT2D eigenvalue weighted by Crippen LogP contribution is -2.25. The molecule has 1 atom stereocenters. The fraction of sp³-hybridized carbons (Fsp3) is 0.300. The number of hydrogen-bond donors (Lipinski definition) is 2. The molecule has 0 spiro atoms. The Kier molecular flexibility index (Phi) is 2.37. The maximum atomic E-state index is 11.6. The molecule has 0 radical (unpaired) electrons. The molecule has 0 saturated carbocycles. The predicted octanol–water partition coefficient (Wildman–Crippen LogP) is 1.30. The molecule has 2 N–H and O–H groups in total. The minimum absolute atomic E-state index is 0.0999. The third-order valence-corrected chi connectivity index (χ3v) is 2.68. The van der Waals surface area contributed by atoms with E-state index in [9.17, 15) is 4.79 Å². The second kappa shape index (κ2) is 3.53. The summed E-state index contributed by atoms with van der Waals surface area (Å²) in [5.41, 5.74) is 7.23. The molecule has 1 aromatic rings. The minimum atomic E-state index is 0.0999. The molecule has 74 valence electrons. The number of nitrogen functional groups attached to an aromatic ring is 1. The van der Waals surface area contributed by atoms with Crippen molar-refractivity contribution in [3.8, 4) is 0 Å². The van der Waals surface area contributed by atoms with Crippen LogP contribution in [0.25, 0.3) is 0 Å². The van der Waals surface area contributed by atoms with Gasteiger partial charge in [-0.2, -0.15) is 12.6 Å². The molecule has 1 aliphatic rings. The van der Waals surface area contributed by atoms with Crippen LogP contribution in [-0.4, -0.2) is 17.7 Å². The molecule has 0 aromatic heterocycles. The fourth-order valence-corrected chi connectivity index (χ4v) is 1.97. The van der Waals surface area contributed by atoms with Gasteiger partial charge in [-0.1, -0.05) is 12.1 Å². The zero-order valence-electron chi connectivity index (χ0n) is 7.68. The SMILES string of the molecule is Nc1ccccc1N1CC(S)CC1=O. The molecule has 1 fully saturated rings. The maximum Gasteiger partial charge on any atom is 0.228 e. The number of para-hydroxylation sites is 2. The number of carbonyl (C=O) groups is 1. The van der Waals surface area contributed by atoms with Gasteiger partial charge in [-0.3, -0.25) is 4.79 Å². The summed E-state index contributed by atoms with van der Waals surface area (Å²) >= 11 is 4.29. The molecule has 2 rings (SSSR count). The van der Waals surface area contributed by atoms with Crippen LogP contribution in [0.1, 0.15) is 6.42 Å². The second-order valence-electron chi connectivity index (χ2n) is 3.42. The molecule has 4 heteroatoms. The van der Waals surface area contributed by atoms with E-state index >= 15 is 0 Å². The Bertz CT molecular complexity index is 367. The molecule has 1 unspecified atom stereocenters. The lowest BCUT2D eigenvalue weighted by Gasteiger charge is -2.17. The van der Waals surface area contributed by atoms with Crippen molar-refractivity contribution in [2.24, 2.45) is 0 Å². The average Bonchev–Trinajstić information content (AvgIpc) is 2.46. The summed E-state index contributed by atoms with van der Waals surface area (Å²) < 4.78 is 0. The summed E-state index contributed by atoms with van der Waals surface area (Å²) in [6.45, 7) is 0.649. The van der Waals surface area contributed by atoms with E-state index in [0.29, 0.717) is 18.7 Å². The highest BCUT2D eigenvalue weighted by atomic mass is 32.1. The maximum absolute atomic E-state index is 11.6. The van der Waals surface area contributed by atoms with Gasteiger partial charge in [0.2, 0.25) is 5.91 Å². The van der Waals surface area contributed by atoms with E-state index in [4.69, 9.17) is 5.73 Å². The first kappa shape index (κ1) is 9.40. The first-order chi connectivity index (χ1) is 6.68. The summed E-state index contributed by atoms with van der Waals surface area (Å²) in [5, 5.41) is 0.127. The monoisotopic (exact) mass is 208 g/mol. The predicted molar refractivity (Wildman–Crippen MR) is 60.6 cm³/mol. The van der Waals surface area contributed by atoms with Crippen molar-refractivity contribution >= 4 is 29.9 Å². The summed E-state index contributed by atoms with van der Waals surface area (Å²) in [7, 11) is 0. The molecule has 1 heterocycles. The minimum Gasteiger partial charge on any atom is -0.397 e. The number of thiol groups is 1. The Labute approximate surface area is 88.3 Å². The highest BCUT2D eigenvalue weighted by Crippen LogP contribution is 2.28. The van der Waals surface area contributed by atoms with Crippen molar-refractivity contribution in [1.82, 2.24) is 0 Å².